The number of aromatic nitrogens is 1. The van der Waals surface area contributed by atoms with Crippen molar-refractivity contribution in [3.63, 3.8) is 0 Å². The molecule has 1 spiro atoms. The Morgan fingerprint density at radius 3 is 2.46 bits per heavy atom. The van der Waals surface area contributed by atoms with E-state index in [9.17, 15) is 29.7 Å². The number of carbonyl (C=O) groups excluding carboxylic acids is 3. The zero-order chi connectivity index (χ0) is 35.9. The minimum atomic E-state index is -1.86. The first-order chi connectivity index (χ1) is 22.6. The molecule has 48 heavy (non-hydrogen) atoms. The maximum Gasteiger partial charge on any atom is 0.339 e. The van der Waals surface area contributed by atoms with Crippen molar-refractivity contribution in [2.75, 3.05) is 20.7 Å². The van der Waals surface area contributed by atoms with E-state index in [1.165, 1.54) is 25.5 Å². The summed E-state index contributed by atoms with van der Waals surface area (Å²) in [7, 11) is 2.89. The third kappa shape index (κ3) is 7.41. The van der Waals surface area contributed by atoms with Crippen LogP contribution < -0.4 is 5.32 Å². The zero-order valence-electron chi connectivity index (χ0n) is 29.1. The zero-order valence-corrected chi connectivity index (χ0v) is 29.1. The van der Waals surface area contributed by atoms with Gasteiger partial charge in [-0.2, -0.15) is 0 Å². The number of esters is 1. The fourth-order valence-electron chi connectivity index (χ4n) is 6.61. The Labute approximate surface area is 282 Å². The fourth-order valence-corrected chi connectivity index (χ4v) is 6.61. The lowest BCUT2D eigenvalue weighted by Gasteiger charge is -2.55. The lowest BCUT2D eigenvalue weighted by atomic mass is 9.65. The van der Waals surface area contributed by atoms with Crippen molar-refractivity contribution in [3.8, 4) is 0 Å². The number of likely N-dealkylation sites (N-methyl/N-ethyl adjacent to an activating group) is 1. The molecule has 2 fully saturated rings. The van der Waals surface area contributed by atoms with Gasteiger partial charge in [-0.3, -0.25) is 9.59 Å². The van der Waals surface area contributed by atoms with Gasteiger partial charge < -0.3 is 39.4 Å². The van der Waals surface area contributed by atoms with Crippen LogP contribution in [0.5, 0.6) is 0 Å². The van der Waals surface area contributed by atoms with Gasteiger partial charge in [0.05, 0.1) is 35.8 Å². The molecule has 2 aliphatic heterocycles. The Hall–Kier alpha value is -3.84. The second kappa shape index (κ2) is 16.0. The van der Waals surface area contributed by atoms with Gasteiger partial charge in [0, 0.05) is 27.1 Å². The Morgan fingerprint density at radius 2 is 1.85 bits per heavy atom. The Morgan fingerprint density at radius 1 is 1.17 bits per heavy atom. The summed E-state index contributed by atoms with van der Waals surface area (Å²) < 4.78 is 16.0. The highest BCUT2D eigenvalue weighted by atomic mass is 16.6. The molecule has 0 aromatic carbocycles. The number of oxazole rings is 1. The number of aliphatic hydroxyl groups excluding tert-OH is 2. The predicted molar refractivity (Wildman–Crippen MR) is 179 cm³/mol. The summed E-state index contributed by atoms with van der Waals surface area (Å²) in [5.41, 5.74) is -3.87. The number of nitrogens with zero attached hydrogens (tertiary/aromatic N) is 2. The highest BCUT2D eigenvalue weighted by Crippen LogP contribution is 2.54. The van der Waals surface area contributed by atoms with Crippen molar-refractivity contribution < 1.29 is 43.6 Å². The van der Waals surface area contributed by atoms with Crippen LogP contribution in [0.1, 0.15) is 53.7 Å². The molecule has 1 unspecified atom stereocenters. The van der Waals surface area contributed by atoms with Crippen LogP contribution in [0.2, 0.25) is 0 Å². The largest absolute Gasteiger partial charge is 0.457 e. The molecule has 12 nitrogen and oxygen atoms in total. The fraction of sp³-hybridized carbons (Fsp3) is 0.556. The molecule has 8 atom stereocenters. The number of methoxy groups -OCH3 is 1. The summed E-state index contributed by atoms with van der Waals surface area (Å²) >= 11 is 0. The third-order valence-electron chi connectivity index (χ3n) is 9.78. The topological polar surface area (TPSA) is 172 Å². The summed E-state index contributed by atoms with van der Waals surface area (Å²) in [6.07, 6.45) is 16.0. The van der Waals surface area contributed by atoms with E-state index in [0.29, 0.717) is 12.0 Å². The van der Waals surface area contributed by atoms with Crippen molar-refractivity contribution >= 4 is 17.8 Å². The highest BCUT2D eigenvalue weighted by Gasteiger charge is 2.80. The SMILES string of the molecule is CO[C@H](C[C@H](C)[C@H](O)/C=C/C=C/CNC(=O)C(C)(C)[C@@H](O)/C(C)=C/C=C/C=C/Cc1cnco1)[C@]1(O)[C@@H](C)C(=O)N(C)[C@]12C(=O)OC2C. The van der Waals surface area contributed by atoms with Gasteiger partial charge in [0.1, 0.15) is 17.5 Å². The first kappa shape index (κ1) is 38.6. The van der Waals surface area contributed by atoms with Crippen molar-refractivity contribution in [1.82, 2.24) is 15.2 Å². The molecule has 0 aliphatic carbocycles. The van der Waals surface area contributed by atoms with Crippen LogP contribution in [0.4, 0.5) is 0 Å². The number of amides is 2. The molecule has 264 valence electrons. The number of carbonyl (C=O) groups is 3. The lowest BCUT2D eigenvalue weighted by Crippen LogP contribution is -2.80. The highest BCUT2D eigenvalue weighted by molar-refractivity contribution is 5.99. The molecule has 1 aromatic rings. The summed E-state index contributed by atoms with van der Waals surface area (Å²) in [6.45, 7) is 10.3. The van der Waals surface area contributed by atoms with Crippen molar-refractivity contribution in [3.05, 3.63) is 78.6 Å². The van der Waals surface area contributed by atoms with Crippen molar-refractivity contribution in [1.29, 1.82) is 0 Å². The van der Waals surface area contributed by atoms with E-state index in [4.69, 9.17) is 13.9 Å². The number of rotatable bonds is 16. The van der Waals surface area contributed by atoms with E-state index >= 15 is 0 Å². The monoisotopic (exact) mass is 669 g/mol. The minimum absolute atomic E-state index is 0.160. The molecule has 0 bridgehead atoms. The second-order valence-corrected chi connectivity index (χ2v) is 13.2. The number of aliphatic hydroxyl groups is 3. The normalized spacial score (nSPS) is 27.7. The quantitative estimate of drug-likeness (QED) is 0.152. The van der Waals surface area contributed by atoms with Gasteiger partial charge in [0.25, 0.3) is 0 Å². The molecule has 12 heteroatoms. The molecular weight excluding hydrogens is 618 g/mol. The van der Waals surface area contributed by atoms with E-state index in [-0.39, 0.29) is 24.8 Å². The van der Waals surface area contributed by atoms with Gasteiger partial charge in [-0.25, -0.2) is 9.78 Å². The second-order valence-electron chi connectivity index (χ2n) is 13.2. The van der Waals surface area contributed by atoms with Gasteiger partial charge in [0.15, 0.2) is 6.39 Å². The van der Waals surface area contributed by atoms with Crippen LogP contribution in [-0.2, 0) is 30.3 Å². The van der Waals surface area contributed by atoms with Crippen LogP contribution in [0.15, 0.2) is 77.3 Å². The van der Waals surface area contributed by atoms with Gasteiger partial charge in [0.2, 0.25) is 17.4 Å². The van der Waals surface area contributed by atoms with Crippen molar-refractivity contribution in [2.45, 2.75) is 89.9 Å². The maximum absolute atomic E-state index is 12.9. The molecule has 2 aliphatic rings. The predicted octanol–water partition coefficient (Wildman–Crippen LogP) is 2.82. The Kier molecular flexibility index (Phi) is 12.9. The van der Waals surface area contributed by atoms with E-state index in [0.717, 1.165) is 5.76 Å². The molecule has 0 saturated carbocycles. The molecule has 2 saturated heterocycles. The van der Waals surface area contributed by atoms with Gasteiger partial charge >= 0.3 is 5.97 Å². The van der Waals surface area contributed by atoms with E-state index in [1.54, 1.807) is 84.2 Å². The molecule has 3 rings (SSSR count). The number of hydrogen-bond acceptors (Lipinski definition) is 10. The number of ether oxygens (including phenoxy) is 2. The van der Waals surface area contributed by atoms with E-state index in [1.807, 2.05) is 18.2 Å². The average Bonchev–Trinajstić information content (AvgIpc) is 3.63. The van der Waals surface area contributed by atoms with Crippen LogP contribution in [-0.4, -0.2) is 99.2 Å². The average molecular weight is 670 g/mol. The summed E-state index contributed by atoms with van der Waals surface area (Å²) in [5, 5.41) is 36.5. The Bertz CT molecular complexity index is 1430. The summed E-state index contributed by atoms with van der Waals surface area (Å²) in [6, 6.07) is 0. The first-order valence-corrected chi connectivity index (χ1v) is 16.2. The number of nitrogens with one attached hydrogen (secondary N) is 1. The third-order valence-corrected chi connectivity index (χ3v) is 9.78. The standard InChI is InChI=1S/C36H51N3O9/c1-23(16-12-9-10-13-17-27-21-37-22-47-27)30(41)34(5,6)32(43)38-19-15-11-14-18-28(40)24(2)20-29(46-8)36(45)25(3)31(42)39(7)35(36)26(4)48-33(35)44/h9-16,18,21-22,24-26,28-30,40-41,45H,17,19-20H2,1-8H3,(H,38,43)/b12-9+,13-10+,15-11+,18-14+,23-16+/t24-,25-,26?,28+,29+,30-,35+,36+/m0/s1. The van der Waals surface area contributed by atoms with Crippen molar-refractivity contribution in [2.24, 2.45) is 17.3 Å². The minimum Gasteiger partial charge on any atom is -0.457 e. The molecule has 4 N–H and O–H groups in total. The molecule has 3 heterocycles. The van der Waals surface area contributed by atoms with Gasteiger partial charge in [-0.05, 0) is 45.6 Å². The van der Waals surface area contributed by atoms with Gasteiger partial charge in [-0.1, -0.05) is 68.5 Å². The van der Waals surface area contributed by atoms with E-state index in [2.05, 4.69) is 10.3 Å². The van der Waals surface area contributed by atoms with Gasteiger partial charge in [-0.15, -0.1) is 0 Å². The molecule has 0 radical (unpaired) electrons. The maximum atomic E-state index is 12.9. The smallest absolute Gasteiger partial charge is 0.339 e. The summed E-state index contributed by atoms with van der Waals surface area (Å²) in [4.78, 5) is 43.7. The number of allylic oxidation sites excluding steroid dienone is 7. The van der Waals surface area contributed by atoms with Crippen LogP contribution in [0.3, 0.4) is 0 Å². The molecule has 1 aromatic heterocycles. The molecule has 2 amide bonds. The Balaban J connectivity index is 1.50. The van der Waals surface area contributed by atoms with Crippen LogP contribution in [0, 0.1) is 17.3 Å². The van der Waals surface area contributed by atoms with Crippen LogP contribution >= 0.6 is 0 Å². The number of likely N-dealkylation sites (tertiary alicyclic amines) is 1. The number of cyclic esters (lactones) is 1. The summed E-state index contributed by atoms with van der Waals surface area (Å²) in [5.74, 6) is -1.95. The first-order valence-electron chi connectivity index (χ1n) is 16.2. The molecular formula is C36H51N3O9. The van der Waals surface area contributed by atoms with Crippen LogP contribution in [0.25, 0.3) is 0 Å². The number of hydrogen-bond donors (Lipinski definition) is 4. The van der Waals surface area contributed by atoms with E-state index < -0.39 is 58.8 Å². The lowest BCUT2D eigenvalue weighted by molar-refractivity contribution is -0.255.